The van der Waals surface area contributed by atoms with Crippen molar-refractivity contribution in [3.63, 3.8) is 0 Å². The molecule has 0 spiro atoms. The van der Waals surface area contributed by atoms with E-state index in [-0.39, 0.29) is 17.6 Å². The molecule has 2 aromatic heterocycles. The van der Waals surface area contributed by atoms with Crippen LogP contribution in [0.3, 0.4) is 0 Å². The minimum Gasteiger partial charge on any atom is -0.362 e. The van der Waals surface area contributed by atoms with Gasteiger partial charge in [-0.2, -0.15) is 0 Å². The summed E-state index contributed by atoms with van der Waals surface area (Å²) < 4.78 is 2.19. The van der Waals surface area contributed by atoms with Gasteiger partial charge in [-0.1, -0.05) is 36.4 Å². The van der Waals surface area contributed by atoms with Gasteiger partial charge in [-0.15, -0.1) is 0 Å². The minimum absolute atomic E-state index is 0.161. The molecule has 1 amide bonds. The second-order valence-corrected chi connectivity index (χ2v) is 9.81. The molecule has 2 aliphatic rings. The van der Waals surface area contributed by atoms with Crippen LogP contribution in [0.15, 0.2) is 83.8 Å². The zero-order valence-corrected chi connectivity index (χ0v) is 20.6. The van der Waals surface area contributed by atoms with Gasteiger partial charge in [-0.25, -0.2) is 4.98 Å². The lowest BCUT2D eigenvalue weighted by Crippen LogP contribution is -2.41. The van der Waals surface area contributed by atoms with Gasteiger partial charge in [0.05, 0.1) is 5.92 Å². The smallest absolute Gasteiger partial charge is 0.255 e. The highest BCUT2D eigenvalue weighted by atomic mass is 16.2. The fourth-order valence-corrected chi connectivity index (χ4v) is 5.78. The molecular formula is C30H28N4O2. The predicted octanol–water partition coefficient (Wildman–Crippen LogP) is 5.50. The average Bonchev–Trinajstić information content (AvgIpc) is 3.16. The summed E-state index contributed by atoms with van der Waals surface area (Å²) in [6, 6.07) is 18.4. The molecule has 180 valence electrons. The van der Waals surface area contributed by atoms with E-state index in [9.17, 15) is 9.59 Å². The first-order valence-corrected chi connectivity index (χ1v) is 12.3. The molecule has 0 radical (unpaired) electrons. The van der Waals surface area contributed by atoms with Crippen molar-refractivity contribution in [3.05, 3.63) is 95.0 Å². The number of pyridine rings is 1. The van der Waals surface area contributed by atoms with E-state index in [4.69, 9.17) is 0 Å². The molecule has 2 aromatic carbocycles. The average molecular weight is 477 g/mol. The van der Waals surface area contributed by atoms with Gasteiger partial charge in [0.15, 0.2) is 0 Å². The van der Waals surface area contributed by atoms with Crippen LogP contribution in [0, 0.1) is 12.8 Å². The maximum atomic E-state index is 13.7. The van der Waals surface area contributed by atoms with Crippen molar-refractivity contribution in [2.75, 3.05) is 5.32 Å². The Bertz CT molecular complexity index is 1610. The maximum absolute atomic E-state index is 13.7. The number of para-hydroxylation sites is 1. The number of aromatic nitrogens is 2. The van der Waals surface area contributed by atoms with E-state index in [1.165, 1.54) is 0 Å². The molecule has 0 saturated heterocycles. The number of nitrogens with one attached hydrogen (secondary N) is 2. The third-order valence-electron chi connectivity index (χ3n) is 7.51. The first-order valence-electron chi connectivity index (χ1n) is 12.3. The monoisotopic (exact) mass is 476 g/mol. The summed E-state index contributed by atoms with van der Waals surface area (Å²) in [5, 5.41) is 8.63. The van der Waals surface area contributed by atoms with Gasteiger partial charge < -0.3 is 15.2 Å². The van der Waals surface area contributed by atoms with Crippen LogP contribution >= 0.6 is 0 Å². The summed E-state index contributed by atoms with van der Waals surface area (Å²) in [5.74, 6) is -0.391. The number of ketones is 1. The number of benzene rings is 2. The van der Waals surface area contributed by atoms with Crippen molar-refractivity contribution in [2.45, 2.75) is 32.6 Å². The summed E-state index contributed by atoms with van der Waals surface area (Å²) in [4.78, 5) is 31.4. The number of hydrogen-bond acceptors (Lipinski definition) is 4. The molecule has 0 saturated carbocycles. The van der Waals surface area contributed by atoms with Gasteiger partial charge in [-0.05, 0) is 55.7 Å². The van der Waals surface area contributed by atoms with E-state index in [0.29, 0.717) is 17.8 Å². The summed E-state index contributed by atoms with van der Waals surface area (Å²) in [6.07, 6.45) is 5.04. The van der Waals surface area contributed by atoms with Gasteiger partial charge in [0.1, 0.15) is 11.6 Å². The molecule has 3 heterocycles. The number of anilines is 1. The van der Waals surface area contributed by atoms with Crippen LogP contribution in [-0.2, 0) is 16.6 Å². The summed E-state index contributed by atoms with van der Waals surface area (Å²) >= 11 is 0. The largest absolute Gasteiger partial charge is 0.362 e. The molecule has 6 rings (SSSR count). The van der Waals surface area contributed by atoms with Gasteiger partial charge in [0.25, 0.3) is 5.91 Å². The van der Waals surface area contributed by atoms with Crippen molar-refractivity contribution in [1.82, 2.24) is 14.9 Å². The van der Waals surface area contributed by atoms with E-state index >= 15 is 0 Å². The number of rotatable bonds is 3. The molecule has 2 unspecified atom stereocenters. The number of allylic oxidation sites excluding steroid dienone is 3. The molecule has 1 aliphatic carbocycles. The number of carbonyl (C=O) groups is 2. The zero-order chi connectivity index (χ0) is 25.0. The van der Waals surface area contributed by atoms with Crippen molar-refractivity contribution in [2.24, 2.45) is 13.0 Å². The Morgan fingerprint density at radius 1 is 1.03 bits per heavy atom. The van der Waals surface area contributed by atoms with E-state index in [1.54, 1.807) is 12.3 Å². The molecular weight excluding hydrogens is 448 g/mol. The minimum atomic E-state index is -0.415. The van der Waals surface area contributed by atoms with Gasteiger partial charge in [-0.3, -0.25) is 9.59 Å². The first kappa shape index (κ1) is 22.3. The number of fused-ring (bicyclic) bond motifs is 4. The Morgan fingerprint density at radius 2 is 1.83 bits per heavy atom. The molecule has 2 atom stereocenters. The van der Waals surface area contributed by atoms with Crippen molar-refractivity contribution in [3.8, 4) is 0 Å². The lowest BCUT2D eigenvalue weighted by atomic mass is 9.70. The Kier molecular flexibility index (Phi) is 5.25. The van der Waals surface area contributed by atoms with Crippen molar-refractivity contribution < 1.29 is 9.59 Å². The second-order valence-electron chi connectivity index (χ2n) is 9.81. The summed E-state index contributed by atoms with van der Waals surface area (Å²) in [7, 11) is 2.07. The summed E-state index contributed by atoms with van der Waals surface area (Å²) in [6.45, 7) is 3.87. The normalized spacial score (nSPS) is 19.8. The van der Waals surface area contributed by atoms with Crippen LogP contribution < -0.4 is 10.6 Å². The van der Waals surface area contributed by atoms with Gasteiger partial charge in [0.2, 0.25) is 0 Å². The lowest BCUT2D eigenvalue weighted by molar-refractivity contribution is -0.122. The quantitative estimate of drug-likeness (QED) is 0.410. The Morgan fingerprint density at radius 3 is 2.64 bits per heavy atom. The fourth-order valence-electron chi connectivity index (χ4n) is 5.78. The molecule has 0 bridgehead atoms. The Hall–Kier alpha value is -4.19. The SMILES string of the molecule is CC1=C(C(=O)Nc2ccc(C)cn2)C(c2ccc3c(c2)c2ccccc2n3C)C2C(=O)CCC=C2N1. The number of amides is 1. The third-order valence-corrected chi connectivity index (χ3v) is 7.51. The molecule has 6 heteroatoms. The third kappa shape index (κ3) is 3.52. The van der Waals surface area contributed by atoms with E-state index < -0.39 is 5.92 Å². The molecule has 2 N–H and O–H groups in total. The standard InChI is InChI=1S/C30H28N4O2/c1-17-11-14-26(31-16-17)33-30(36)27-18(2)32-22-8-6-10-25(35)29(22)28(27)19-12-13-24-21(15-19)20-7-4-5-9-23(20)34(24)3/h4-5,7-9,11-16,28-29,32H,6,10H2,1-3H3,(H,31,33,36). The number of aryl methyl sites for hydroxylation is 2. The van der Waals surface area contributed by atoms with Gasteiger partial charge >= 0.3 is 0 Å². The van der Waals surface area contributed by atoms with Crippen LogP contribution in [0.25, 0.3) is 21.8 Å². The van der Waals surface area contributed by atoms with Crippen LogP contribution in [0.1, 0.15) is 36.8 Å². The van der Waals surface area contributed by atoms with E-state index in [0.717, 1.165) is 50.7 Å². The van der Waals surface area contributed by atoms with Crippen LogP contribution in [0.4, 0.5) is 5.82 Å². The Labute approximate surface area is 209 Å². The van der Waals surface area contributed by atoms with E-state index in [1.807, 2.05) is 32.0 Å². The second kappa shape index (κ2) is 8.48. The van der Waals surface area contributed by atoms with E-state index in [2.05, 4.69) is 63.6 Å². The number of hydrogen-bond donors (Lipinski definition) is 2. The highest BCUT2D eigenvalue weighted by Gasteiger charge is 2.43. The van der Waals surface area contributed by atoms with Crippen molar-refractivity contribution in [1.29, 1.82) is 0 Å². The molecule has 1 aliphatic heterocycles. The number of nitrogens with zero attached hydrogens (tertiary/aromatic N) is 2. The summed E-state index contributed by atoms with van der Waals surface area (Å²) in [5.41, 5.74) is 6.50. The first-order chi connectivity index (χ1) is 17.4. The fraction of sp³-hybridized carbons (Fsp3) is 0.233. The van der Waals surface area contributed by atoms with Crippen LogP contribution in [0.5, 0.6) is 0 Å². The van der Waals surface area contributed by atoms with Crippen molar-refractivity contribution >= 4 is 39.3 Å². The number of carbonyl (C=O) groups excluding carboxylic acids is 2. The maximum Gasteiger partial charge on any atom is 0.255 e. The molecule has 4 aromatic rings. The molecule has 36 heavy (non-hydrogen) atoms. The number of Topliss-reactive ketones (excluding diaryl/α,β-unsaturated/α-hetero) is 1. The lowest BCUT2D eigenvalue weighted by Gasteiger charge is -2.38. The molecule has 0 fully saturated rings. The topological polar surface area (TPSA) is 76.0 Å². The highest BCUT2D eigenvalue weighted by Crippen LogP contribution is 2.45. The zero-order valence-electron chi connectivity index (χ0n) is 20.6. The Balaban J connectivity index is 1.51. The highest BCUT2D eigenvalue weighted by molar-refractivity contribution is 6.09. The predicted molar refractivity (Wildman–Crippen MR) is 142 cm³/mol. The van der Waals surface area contributed by atoms with Gasteiger partial charge in [0, 0.05) is 64.4 Å². The molecule has 6 nitrogen and oxygen atoms in total. The van der Waals surface area contributed by atoms with Crippen LogP contribution in [-0.4, -0.2) is 21.2 Å². The van der Waals surface area contributed by atoms with Crippen LogP contribution in [0.2, 0.25) is 0 Å².